The molecule has 1 N–H and O–H groups in total. The van der Waals surface area contributed by atoms with Crippen LogP contribution in [0, 0.1) is 12.8 Å². The molecule has 112 valence electrons. The number of hydrogen-bond donors (Lipinski definition) is 1. The van der Waals surface area contributed by atoms with Gasteiger partial charge in [-0.3, -0.25) is 4.68 Å². The van der Waals surface area contributed by atoms with Crippen LogP contribution in [0.1, 0.15) is 49.8 Å². The van der Waals surface area contributed by atoms with Gasteiger partial charge in [0, 0.05) is 38.8 Å². The van der Waals surface area contributed by atoms with E-state index in [4.69, 9.17) is 0 Å². The van der Waals surface area contributed by atoms with Crippen molar-refractivity contribution in [3.05, 3.63) is 11.3 Å². The normalized spacial score (nSPS) is 19.8. The Balaban J connectivity index is 1.71. The highest BCUT2D eigenvalue weighted by Gasteiger charge is 2.24. The summed E-state index contributed by atoms with van der Waals surface area (Å²) in [4.78, 5) is 2.43. The average molecular weight is 276 g/mol. The van der Waals surface area contributed by atoms with E-state index >= 15 is 0 Å². The molecule has 2 aliphatic carbocycles. The molecule has 3 rings (SSSR count). The predicted molar refractivity (Wildman–Crippen MR) is 83.0 cm³/mol. The first-order valence-corrected chi connectivity index (χ1v) is 8.12. The van der Waals surface area contributed by atoms with Crippen LogP contribution in [0.15, 0.2) is 0 Å². The Labute approximate surface area is 122 Å². The van der Waals surface area contributed by atoms with Crippen molar-refractivity contribution in [2.24, 2.45) is 13.0 Å². The minimum absolute atomic E-state index is 0.752. The van der Waals surface area contributed by atoms with Crippen molar-refractivity contribution < 1.29 is 0 Å². The van der Waals surface area contributed by atoms with Gasteiger partial charge in [-0.1, -0.05) is 12.8 Å². The summed E-state index contributed by atoms with van der Waals surface area (Å²) < 4.78 is 2.06. The van der Waals surface area contributed by atoms with Gasteiger partial charge in [0.1, 0.15) is 5.82 Å². The Kier molecular flexibility index (Phi) is 4.01. The largest absolute Gasteiger partial charge is 0.359 e. The zero-order chi connectivity index (χ0) is 14.1. The van der Waals surface area contributed by atoms with Gasteiger partial charge >= 0.3 is 0 Å². The molecule has 1 aromatic rings. The van der Waals surface area contributed by atoms with Gasteiger partial charge in [0.05, 0.1) is 5.69 Å². The fourth-order valence-electron chi connectivity index (χ4n) is 3.57. The molecular weight excluding hydrogens is 248 g/mol. The topological polar surface area (TPSA) is 33.1 Å². The lowest BCUT2D eigenvalue weighted by Gasteiger charge is -2.24. The average Bonchev–Trinajstić information content (AvgIpc) is 3.00. The third-order valence-corrected chi connectivity index (χ3v) is 4.83. The van der Waals surface area contributed by atoms with Crippen molar-refractivity contribution in [3.8, 4) is 0 Å². The molecule has 4 nitrogen and oxygen atoms in total. The van der Waals surface area contributed by atoms with E-state index < -0.39 is 0 Å². The summed E-state index contributed by atoms with van der Waals surface area (Å²) in [6.07, 6.45) is 8.31. The monoisotopic (exact) mass is 276 g/mol. The molecule has 0 radical (unpaired) electrons. The molecule has 0 spiro atoms. The molecule has 4 heteroatoms. The molecule has 2 aliphatic rings. The van der Waals surface area contributed by atoms with Crippen LogP contribution in [0.25, 0.3) is 0 Å². The minimum Gasteiger partial charge on any atom is -0.359 e. The molecule has 0 bridgehead atoms. The summed E-state index contributed by atoms with van der Waals surface area (Å²) in [5.74, 6) is 2.18. The van der Waals surface area contributed by atoms with E-state index in [1.807, 2.05) is 0 Å². The highest BCUT2D eigenvalue weighted by Crippen LogP contribution is 2.29. The first-order chi connectivity index (χ1) is 9.65. The second-order valence-electron chi connectivity index (χ2n) is 6.70. The number of nitrogens with one attached hydrogen (secondary N) is 1. The maximum absolute atomic E-state index is 4.64. The third-order valence-electron chi connectivity index (χ3n) is 4.83. The van der Waals surface area contributed by atoms with E-state index in [-0.39, 0.29) is 0 Å². The summed E-state index contributed by atoms with van der Waals surface area (Å²) in [6, 6.07) is 0.752. The van der Waals surface area contributed by atoms with Crippen LogP contribution in [0.5, 0.6) is 0 Å². The van der Waals surface area contributed by atoms with E-state index in [2.05, 4.69) is 41.0 Å². The van der Waals surface area contributed by atoms with Crippen LogP contribution < -0.4 is 10.2 Å². The summed E-state index contributed by atoms with van der Waals surface area (Å²) in [6.45, 7) is 4.28. The Hall–Kier alpha value is -1.03. The van der Waals surface area contributed by atoms with Gasteiger partial charge in [-0.25, -0.2) is 0 Å². The van der Waals surface area contributed by atoms with Gasteiger partial charge in [-0.2, -0.15) is 5.10 Å². The lowest BCUT2D eigenvalue weighted by Crippen LogP contribution is -2.28. The van der Waals surface area contributed by atoms with Gasteiger partial charge in [-0.05, 0) is 38.5 Å². The van der Waals surface area contributed by atoms with Crippen molar-refractivity contribution in [2.45, 2.75) is 58.0 Å². The van der Waals surface area contributed by atoms with Crippen molar-refractivity contribution in [3.63, 3.8) is 0 Å². The number of aryl methyl sites for hydroxylation is 2. The highest BCUT2D eigenvalue weighted by atomic mass is 15.4. The molecule has 2 fully saturated rings. The predicted octanol–water partition coefficient (Wildman–Crippen LogP) is 2.61. The van der Waals surface area contributed by atoms with Crippen LogP contribution in [-0.4, -0.2) is 29.4 Å². The number of hydrogen-bond acceptors (Lipinski definition) is 3. The maximum atomic E-state index is 4.64. The Morgan fingerprint density at radius 2 is 1.95 bits per heavy atom. The molecule has 0 aliphatic heterocycles. The summed E-state index contributed by atoms with van der Waals surface area (Å²) in [5.41, 5.74) is 2.56. The molecule has 0 atom stereocenters. The molecule has 2 saturated carbocycles. The first kappa shape index (κ1) is 13.9. The van der Waals surface area contributed by atoms with Crippen LogP contribution in [0.2, 0.25) is 0 Å². The smallest absolute Gasteiger partial charge is 0.131 e. The van der Waals surface area contributed by atoms with Gasteiger partial charge in [-0.15, -0.1) is 0 Å². The number of nitrogens with zero attached hydrogens (tertiary/aromatic N) is 3. The van der Waals surface area contributed by atoms with E-state index in [1.165, 1.54) is 62.1 Å². The van der Waals surface area contributed by atoms with Crippen molar-refractivity contribution >= 4 is 5.82 Å². The van der Waals surface area contributed by atoms with E-state index in [0.717, 1.165) is 18.5 Å². The summed E-state index contributed by atoms with van der Waals surface area (Å²) in [7, 11) is 4.31. The van der Waals surface area contributed by atoms with Gasteiger partial charge < -0.3 is 10.2 Å². The molecule has 0 amide bonds. The lowest BCUT2D eigenvalue weighted by molar-refractivity contribution is 0.538. The second-order valence-corrected chi connectivity index (χ2v) is 6.70. The molecule has 1 aromatic heterocycles. The van der Waals surface area contributed by atoms with Gasteiger partial charge in [0.2, 0.25) is 0 Å². The van der Waals surface area contributed by atoms with Crippen LogP contribution >= 0.6 is 0 Å². The van der Waals surface area contributed by atoms with Crippen LogP contribution in [0.3, 0.4) is 0 Å². The SMILES string of the molecule is Cc1nn(C)c(N(C)CC2CCCC2)c1CNC1CC1. The lowest BCUT2D eigenvalue weighted by atomic mass is 10.1. The summed E-state index contributed by atoms with van der Waals surface area (Å²) >= 11 is 0. The number of anilines is 1. The highest BCUT2D eigenvalue weighted by molar-refractivity contribution is 5.49. The zero-order valence-electron chi connectivity index (χ0n) is 13.2. The fourth-order valence-corrected chi connectivity index (χ4v) is 3.57. The maximum Gasteiger partial charge on any atom is 0.131 e. The van der Waals surface area contributed by atoms with E-state index in [1.54, 1.807) is 0 Å². The van der Waals surface area contributed by atoms with E-state index in [0.29, 0.717) is 0 Å². The molecular formula is C16H28N4. The number of aromatic nitrogens is 2. The second kappa shape index (κ2) is 5.76. The third kappa shape index (κ3) is 3.00. The Bertz CT molecular complexity index is 455. The van der Waals surface area contributed by atoms with Gasteiger partial charge in [0.25, 0.3) is 0 Å². The molecule has 20 heavy (non-hydrogen) atoms. The van der Waals surface area contributed by atoms with Crippen molar-refractivity contribution in [1.82, 2.24) is 15.1 Å². The quantitative estimate of drug-likeness (QED) is 0.867. The zero-order valence-corrected chi connectivity index (χ0v) is 13.2. The molecule has 1 heterocycles. The summed E-state index contributed by atoms with van der Waals surface area (Å²) in [5, 5.41) is 8.28. The molecule has 0 saturated heterocycles. The minimum atomic E-state index is 0.752. The van der Waals surface area contributed by atoms with Crippen molar-refractivity contribution in [2.75, 3.05) is 18.5 Å². The van der Waals surface area contributed by atoms with Crippen LogP contribution in [-0.2, 0) is 13.6 Å². The standard InChI is InChI=1S/C16H28N4/c1-12-15(10-17-14-8-9-14)16(20(3)18-12)19(2)11-13-6-4-5-7-13/h13-14,17H,4-11H2,1-3H3. The Morgan fingerprint density at radius 1 is 1.25 bits per heavy atom. The van der Waals surface area contributed by atoms with E-state index in [9.17, 15) is 0 Å². The Morgan fingerprint density at radius 3 is 2.60 bits per heavy atom. The van der Waals surface area contributed by atoms with Crippen molar-refractivity contribution in [1.29, 1.82) is 0 Å². The van der Waals surface area contributed by atoms with Gasteiger partial charge in [0.15, 0.2) is 0 Å². The number of rotatable bonds is 6. The molecule has 0 aromatic carbocycles. The molecule has 0 unspecified atom stereocenters. The first-order valence-electron chi connectivity index (χ1n) is 8.12. The fraction of sp³-hybridized carbons (Fsp3) is 0.812. The van der Waals surface area contributed by atoms with Crippen LogP contribution in [0.4, 0.5) is 5.82 Å².